The van der Waals surface area contributed by atoms with E-state index in [1.807, 2.05) is 25.1 Å². The third kappa shape index (κ3) is 2.91. The van der Waals surface area contributed by atoms with E-state index in [0.717, 1.165) is 29.7 Å². The Bertz CT molecular complexity index is 507. The van der Waals surface area contributed by atoms with Gasteiger partial charge < -0.3 is 11.1 Å². The van der Waals surface area contributed by atoms with Crippen molar-refractivity contribution in [3.05, 3.63) is 29.3 Å². The summed E-state index contributed by atoms with van der Waals surface area (Å²) in [7, 11) is 0. The monoisotopic (exact) mass is 242 g/mol. The number of rotatable bonds is 2. The van der Waals surface area contributed by atoms with E-state index in [1.54, 1.807) is 0 Å². The average Bonchev–Trinajstić information content (AvgIpc) is 2.27. The lowest BCUT2D eigenvalue weighted by molar-refractivity contribution is -0.122. The van der Waals surface area contributed by atoms with Crippen molar-refractivity contribution in [1.82, 2.24) is 0 Å². The fraction of sp³-hybridized carbons (Fsp3) is 0.400. The Morgan fingerprint density at radius 2 is 2.28 bits per heavy atom. The number of nitrogens with one attached hydrogen (secondary N) is 1. The van der Waals surface area contributed by atoms with Crippen LogP contribution in [-0.4, -0.2) is 12.5 Å². The lowest BCUT2D eigenvalue weighted by Gasteiger charge is -2.24. The largest absolute Gasteiger partial charge is 0.326 e. The third-order valence-corrected chi connectivity index (χ3v) is 3.31. The lowest BCUT2D eigenvalue weighted by Crippen LogP contribution is -2.28. The summed E-state index contributed by atoms with van der Waals surface area (Å²) in [6.45, 7) is 2.34. The maximum atomic E-state index is 11.8. The predicted octanol–water partition coefficient (Wildman–Crippen LogP) is 2.04. The highest BCUT2D eigenvalue weighted by Crippen LogP contribution is 2.27. The van der Waals surface area contributed by atoms with Gasteiger partial charge in [0.25, 0.3) is 0 Å². The van der Waals surface area contributed by atoms with Gasteiger partial charge in [-0.3, -0.25) is 4.79 Å². The van der Waals surface area contributed by atoms with Crippen molar-refractivity contribution in [2.75, 3.05) is 11.9 Å². The minimum atomic E-state index is 0.128. The fourth-order valence-corrected chi connectivity index (χ4v) is 1.90. The molecule has 0 unspecified atom stereocenters. The van der Waals surface area contributed by atoms with Crippen molar-refractivity contribution in [1.29, 1.82) is 0 Å². The van der Waals surface area contributed by atoms with E-state index in [-0.39, 0.29) is 11.8 Å². The van der Waals surface area contributed by atoms with Crippen LogP contribution in [0.25, 0.3) is 0 Å². The SMILES string of the molecule is Cc1ccc(NC(=O)C2CCC2)cc1C#CCN. The smallest absolute Gasteiger partial charge is 0.227 e. The number of aryl methyl sites for hydroxylation is 1. The third-order valence-electron chi connectivity index (χ3n) is 3.31. The summed E-state index contributed by atoms with van der Waals surface area (Å²) < 4.78 is 0. The van der Waals surface area contributed by atoms with Gasteiger partial charge in [-0.15, -0.1) is 0 Å². The topological polar surface area (TPSA) is 55.1 Å². The van der Waals surface area contributed by atoms with Crippen molar-refractivity contribution >= 4 is 11.6 Å². The molecule has 1 fully saturated rings. The summed E-state index contributed by atoms with van der Waals surface area (Å²) in [6.07, 6.45) is 3.19. The number of benzene rings is 1. The van der Waals surface area contributed by atoms with Crippen LogP contribution in [0.2, 0.25) is 0 Å². The molecule has 3 N–H and O–H groups in total. The predicted molar refractivity (Wildman–Crippen MR) is 73.1 cm³/mol. The first-order chi connectivity index (χ1) is 8.70. The molecular formula is C15H18N2O. The zero-order valence-corrected chi connectivity index (χ0v) is 10.6. The van der Waals surface area contributed by atoms with Crippen LogP contribution in [0.15, 0.2) is 18.2 Å². The zero-order valence-electron chi connectivity index (χ0n) is 10.6. The Morgan fingerprint density at radius 3 is 2.89 bits per heavy atom. The molecule has 0 spiro atoms. The second kappa shape index (κ2) is 5.70. The van der Waals surface area contributed by atoms with E-state index in [1.165, 1.54) is 6.42 Å². The Kier molecular flexibility index (Phi) is 4.01. The molecule has 0 bridgehead atoms. The molecule has 1 aromatic carbocycles. The highest BCUT2D eigenvalue weighted by atomic mass is 16.1. The molecule has 3 nitrogen and oxygen atoms in total. The second-order valence-corrected chi connectivity index (χ2v) is 4.65. The molecule has 1 aromatic rings. The fourth-order valence-electron chi connectivity index (χ4n) is 1.90. The van der Waals surface area contributed by atoms with Crippen molar-refractivity contribution in [3.63, 3.8) is 0 Å². The van der Waals surface area contributed by atoms with E-state index in [0.29, 0.717) is 6.54 Å². The molecular weight excluding hydrogens is 224 g/mol. The molecule has 18 heavy (non-hydrogen) atoms. The molecule has 1 amide bonds. The Labute approximate surface area is 108 Å². The van der Waals surface area contributed by atoms with E-state index in [2.05, 4.69) is 17.2 Å². The molecule has 94 valence electrons. The van der Waals surface area contributed by atoms with Gasteiger partial charge in [0, 0.05) is 17.2 Å². The van der Waals surface area contributed by atoms with Gasteiger partial charge in [-0.05, 0) is 37.5 Å². The molecule has 1 aliphatic rings. The van der Waals surface area contributed by atoms with Crippen molar-refractivity contribution < 1.29 is 4.79 Å². The van der Waals surface area contributed by atoms with E-state index < -0.39 is 0 Å². The van der Waals surface area contributed by atoms with Crippen LogP contribution in [0, 0.1) is 24.7 Å². The molecule has 0 radical (unpaired) electrons. The summed E-state index contributed by atoms with van der Waals surface area (Å²) in [5.74, 6) is 6.18. The molecule has 0 aromatic heterocycles. The number of anilines is 1. The van der Waals surface area contributed by atoms with Crippen molar-refractivity contribution in [2.45, 2.75) is 26.2 Å². The Morgan fingerprint density at radius 1 is 1.50 bits per heavy atom. The number of carbonyl (C=O) groups excluding carboxylic acids is 1. The maximum absolute atomic E-state index is 11.8. The van der Waals surface area contributed by atoms with Gasteiger partial charge in [0.15, 0.2) is 0 Å². The molecule has 1 saturated carbocycles. The number of hydrogen-bond donors (Lipinski definition) is 2. The van der Waals surface area contributed by atoms with Crippen LogP contribution in [0.1, 0.15) is 30.4 Å². The number of hydrogen-bond acceptors (Lipinski definition) is 2. The average molecular weight is 242 g/mol. The van der Waals surface area contributed by atoms with Crippen LogP contribution >= 0.6 is 0 Å². The molecule has 0 saturated heterocycles. The zero-order chi connectivity index (χ0) is 13.0. The van der Waals surface area contributed by atoms with E-state index >= 15 is 0 Å². The quantitative estimate of drug-likeness (QED) is 0.780. The first-order valence-electron chi connectivity index (χ1n) is 6.31. The van der Waals surface area contributed by atoms with Gasteiger partial charge in [-0.1, -0.05) is 24.3 Å². The van der Waals surface area contributed by atoms with Crippen LogP contribution < -0.4 is 11.1 Å². The van der Waals surface area contributed by atoms with Gasteiger partial charge in [0.1, 0.15) is 0 Å². The maximum Gasteiger partial charge on any atom is 0.227 e. The summed E-state index contributed by atoms with van der Waals surface area (Å²) in [5, 5.41) is 2.95. The van der Waals surface area contributed by atoms with Gasteiger partial charge in [0.05, 0.1) is 6.54 Å². The van der Waals surface area contributed by atoms with Crippen LogP contribution in [0.5, 0.6) is 0 Å². The standard InChI is InChI=1S/C15H18N2O/c1-11-7-8-14(10-13(11)6-3-9-16)17-15(18)12-4-2-5-12/h7-8,10,12H,2,4-5,9,16H2,1H3,(H,17,18). The van der Waals surface area contributed by atoms with Gasteiger partial charge in [-0.2, -0.15) is 0 Å². The highest BCUT2D eigenvalue weighted by Gasteiger charge is 2.25. The minimum Gasteiger partial charge on any atom is -0.326 e. The first-order valence-corrected chi connectivity index (χ1v) is 6.31. The highest BCUT2D eigenvalue weighted by molar-refractivity contribution is 5.93. The summed E-state index contributed by atoms with van der Waals surface area (Å²) in [4.78, 5) is 11.8. The van der Waals surface area contributed by atoms with Gasteiger partial charge in [0.2, 0.25) is 5.91 Å². The number of carbonyl (C=O) groups is 1. The number of nitrogens with two attached hydrogens (primary N) is 1. The van der Waals surface area contributed by atoms with E-state index in [9.17, 15) is 4.79 Å². The Balaban J connectivity index is 2.11. The normalized spacial score (nSPS) is 14.3. The summed E-state index contributed by atoms with van der Waals surface area (Å²) in [5.41, 5.74) is 8.20. The van der Waals surface area contributed by atoms with Crippen LogP contribution in [0.4, 0.5) is 5.69 Å². The lowest BCUT2D eigenvalue weighted by atomic mass is 9.85. The number of amides is 1. The first kappa shape index (κ1) is 12.7. The van der Waals surface area contributed by atoms with Crippen LogP contribution in [-0.2, 0) is 4.79 Å². The molecule has 3 heteroatoms. The van der Waals surface area contributed by atoms with Gasteiger partial charge >= 0.3 is 0 Å². The minimum absolute atomic E-state index is 0.128. The molecule has 0 heterocycles. The Hall–Kier alpha value is -1.79. The van der Waals surface area contributed by atoms with Gasteiger partial charge in [-0.25, -0.2) is 0 Å². The molecule has 2 rings (SSSR count). The van der Waals surface area contributed by atoms with Crippen LogP contribution in [0.3, 0.4) is 0 Å². The molecule has 0 aliphatic heterocycles. The van der Waals surface area contributed by atoms with E-state index in [4.69, 9.17) is 5.73 Å². The van der Waals surface area contributed by atoms with Crippen molar-refractivity contribution in [2.24, 2.45) is 11.7 Å². The summed E-state index contributed by atoms with van der Waals surface area (Å²) in [6, 6.07) is 5.80. The molecule has 0 atom stereocenters. The second-order valence-electron chi connectivity index (χ2n) is 4.65. The molecule has 1 aliphatic carbocycles. The van der Waals surface area contributed by atoms with Crippen molar-refractivity contribution in [3.8, 4) is 11.8 Å². The summed E-state index contributed by atoms with van der Waals surface area (Å²) >= 11 is 0.